The highest BCUT2D eigenvalue weighted by Crippen LogP contribution is 2.29. The average Bonchev–Trinajstić information content (AvgIpc) is 2.78. The largest absolute Gasteiger partial charge is 0.480 e. The number of aliphatic carboxylic acids is 1. The average molecular weight is 284 g/mol. The van der Waals surface area contributed by atoms with E-state index in [2.05, 4.69) is 0 Å². The van der Waals surface area contributed by atoms with Crippen molar-refractivity contribution in [3.63, 3.8) is 0 Å². The Hall–Kier alpha value is -1.34. The van der Waals surface area contributed by atoms with Gasteiger partial charge < -0.3 is 9.67 Å². The molecular formula is C11H12N2O3S2. The zero-order valence-corrected chi connectivity index (χ0v) is 11.3. The minimum absolute atomic E-state index is 0.212. The molecule has 5 nitrogen and oxygen atoms in total. The van der Waals surface area contributed by atoms with Gasteiger partial charge in [-0.05, 0) is 18.1 Å². The molecular weight excluding hydrogens is 272 g/mol. The van der Waals surface area contributed by atoms with Gasteiger partial charge in [-0.2, -0.15) is 0 Å². The topological polar surface area (TPSA) is 62.5 Å². The van der Waals surface area contributed by atoms with E-state index in [1.807, 2.05) is 30.1 Å². The van der Waals surface area contributed by atoms with Gasteiger partial charge in [0, 0.05) is 19.4 Å². The number of thiocarbonyl (C=S) groups is 1. The standard InChI is InChI=1S/C11H12N2O3S2/c1-12-3-2-7(5-12)4-8-10(16)13(6-9(14)15)11(17)18-8/h2-3,5,8H,4,6H2,1H3,(H,14,15). The van der Waals surface area contributed by atoms with E-state index >= 15 is 0 Å². The van der Waals surface area contributed by atoms with E-state index in [1.165, 1.54) is 11.8 Å². The maximum atomic E-state index is 12.0. The fraction of sp³-hybridized carbons (Fsp3) is 0.364. The number of rotatable bonds is 4. The lowest BCUT2D eigenvalue weighted by Crippen LogP contribution is -2.36. The number of amides is 1. The molecule has 1 aliphatic rings. The van der Waals surface area contributed by atoms with Crippen molar-refractivity contribution in [2.24, 2.45) is 7.05 Å². The highest BCUT2D eigenvalue weighted by Gasteiger charge is 2.37. The lowest BCUT2D eigenvalue weighted by atomic mass is 10.2. The summed E-state index contributed by atoms with van der Waals surface area (Å²) in [7, 11) is 1.91. The van der Waals surface area contributed by atoms with Crippen LogP contribution in [-0.4, -0.2) is 42.6 Å². The second kappa shape index (κ2) is 5.11. The van der Waals surface area contributed by atoms with Crippen LogP contribution in [0, 0.1) is 0 Å². The molecule has 0 spiro atoms. The summed E-state index contributed by atoms with van der Waals surface area (Å²) in [5.41, 5.74) is 1.04. The number of carbonyl (C=O) groups excluding carboxylic acids is 1. The Balaban J connectivity index is 2.06. The van der Waals surface area contributed by atoms with E-state index in [0.717, 1.165) is 10.5 Å². The van der Waals surface area contributed by atoms with E-state index in [9.17, 15) is 9.59 Å². The lowest BCUT2D eigenvalue weighted by molar-refractivity contribution is -0.141. The number of hydrogen-bond acceptors (Lipinski definition) is 4. The summed E-state index contributed by atoms with van der Waals surface area (Å²) in [5, 5.41) is 8.42. The Labute approximate surface area is 114 Å². The van der Waals surface area contributed by atoms with Crippen molar-refractivity contribution >= 4 is 40.2 Å². The first kappa shape index (κ1) is 13.1. The van der Waals surface area contributed by atoms with E-state index in [-0.39, 0.29) is 17.7 Å². The van der Waals surface area contributed by atoms with Crippen LogP contribution in [0.2, 0.25) is 0 Å². The number of hydrogen-bond donors (Lipinski definition) is 1. The van der Waals surface area contributed by atoms with Crippen LogP contribution < -0.4 is 0 Å². The van der Waals surface area contributed by atoms with E-state index in [4.69, 9.17) is 17.3 Å². The molecule has 2 heterocycles. The predicted octanol–water partition coefficient (Wildman–Crippen LogP) is 0.881. The lowest BCUT2D eigenvalue weighted by Gasteiger charge is -2.11. The van der Waals surface area contributed by atoms with Crippen LogP contribution in [0.25, 0.3) is 0 Å². The quantitative estimate of drug-likeness (QED) is 0.832. The summed E-state index contributed by atoms with van der Waals surface area (Å²) in [6.07, 6.45) is 4.42. The minimum Gasteiger partial charge on any atom is -0.480 e. The number of carboxylic acid groups (broad SMARTS) is 1. The Kier molecular flexibility index (Phi) is 3.72. The number of aryl methyl sites for hydroxylation is 1. The molecule has 18 heavy (non-hydrogen) atoms. The molecule has 1 aromatic rings. The minimum atomic E-state index is -1.05. The van der Waals surface area contributed by atoms with Crippen molar-refractivity contribution in [2.75, 3.05) is 6.54 Å². The zero-order valence-electron chi connectivity index (χ0n) is 9.70. The number of thioether (sulfide) groups is 1. The third kappa shape index (κ3) is 2.73. The molecule has 0 radical (unpaired) electrons. The number of carboxylic acids is 1. The maximum Gasteiger partial charge on any atom is 0.323 e. The molecule has 0 saturated carbocycles. The van der Waals surface area contributed by atoms with Gasteiger partial charge >= 0.3 is 5.97 Å². The Bertz CT molecular complexity index is 512. The first-order valence-corrected chi connectivity index (χ1v) is 6.61. The van der Waals surface area contributed by atoms with Gasteiger partial charge in [-0.3, -0.25) is 14.5 Å². The van der Waals surface area contributed by atoms with E-state index < -0.39 is 5.97 Å². The van der Waals surface area contributed by atoms with Crippen LogP contribution in [0.1, 0.15) is 5.56 Å². The second-order valence-corrected chi connectivity index (χ2v) is 5.92. The van der Waals surface area contributed by atoms with Gasteiger partial charge in [0.25, 0.3) is 0 Å². The molecule has 1 unspecified atom stereocenters. The van der Waals surface area contributed by atoms with Crippen molar-refractivity contribution in [3.8, 4) is 0 Å². The summed E-state index contributed by atoms with van der Waals surface area (Å²) in [4.78, 5) is 23.8. The number of carbonyl (C=O) groups is 2. The Morgan fingerprint density at radius 3 is 2.89 bits per heavy atom. The van der Waals surface area contributed by atoms with Crippen LogP contribution in [0.3, 0.4) is 0 Å². The maximum absolute atomic E-state index is 12.0. The van der Waals surface area contributed by atoms with Crippen LogP contribution in [0.15, 0.2) is 18.5 Å². The number of nitrogens with zero attached hydrogens (tertiary/aromatic N) is 2. The van der Waals surface area contributed by atoms with Gasteiger partial charge in [-0.15, -0.1) is 0 Å². The van der Waals surface area contributed by atoms with Gasteiger partial charge in [0.05, 0.1) is 5.25 Å². The summed E-state index contributed by atoms with van der Waals surface area (Å²) >= 11 is 6.30. The van der Waals surface area contributed by atoms with Crippen LogP contribution >= 0.6 is 24.0 Å². The summed E-state index contributed by atoms with van der Waals surface area (Å²) in [5.74, 6) is -1.26. The van der Waals surface area contributed by atoms with Crippen molar-refractivity contribution in [2.45, 2.75) is 11.7 Å². The van der Waals surface area contributed by atoms with E-state index in [1.54, 1.807) is 0 Å². The number of aromatic nitrogens is 1. The van der Waals surface area contributed by atoms with Gasteiger partial charge in [-0.1, -0.05) is 24.0 Å². The predicted molar refractivity (Wildman–Crippen MR) is 72.4 cm³/mol. The van der Waals surface area contributed by atoms with Gasteiger partial charge in [0.2, 0.25) is 5.91 Å². The molecule has 0 aromatic carbocycles. The molecule has 2 rings (SSSR count). The normalized spacial score (nSPS) is 19.6. The zero-order chi connectivity index (χ0) is 13.3. The first-order chi connectivity index (χ1) is 8.47. The molecule has 1 atom stereocenters. The summed E-state index contributed by atoms with van der Waals surface area (Å²) in [6.45, 7) is -0.351. The molecule has 1 fully saturated rings. The molecule has 1 saturated heterocycles. The molecule has 0 aliphatic carbocycles. The molecule has 1 aliphatic heterocycles. The second-order valence-electron chi connectivity index (χ2n) is 4.08. The van der Waals surface area contributed by atoms with Gasteiger partial charge in [-0.25, -0.2) is 0 Å². The highest BCUT2D eigenvalue weighted by molar-refractivity contribution is 8.24. The van der Waals surface area contributed by atoms with Crippen LogP contribution in [-0.2, 0) is 23.1 Å². The van der Waals surface area contributed by atoms with Crippen molar-refractivity contribution in [3.05, 3.63) is 24.0 Å². The van der Waals surface area contributed by atoms with Crippen LogP contribution in [0.5, 0.6) is 0 Å². The molecule has 7 heteroatoms. The first-order valence-electron chi connectivity index (χ1n) is 5.32. The monoisotopic (exact) mass is 284 g/mol. The molecule has 96 valence electrons. The molecule has 1 aromatic heterocycles. The fourth-order valence-corrected chi connectivity index (χ4v) is 3.33. The Morgan fingerprint density at radius 1 is 1.61 bits per heavy atom. The summed E-state index contributed by atoms with van der Waals surface area (Å²) in [6, 6.07) is 1.94. The molecule has 0 bridgehead atoms. The van der Waals surface area contributed by atoms with Gasteiger partial charge in [0.15, 0.2) is 0 Å². The highest BCUT2D eigenvalue weighted by atomic mass is 32.2. The van der Waals surface area contributed by atoms with Gasteiger partial charge in [0.1, 0.15) is 10.9 Å². The van der Waals surface area contributed by atoms with Crippen molar-refractivity contribution in [1.82, 2.24) is 9.47 Å². The third-order valence-corrected chi connectivity index (χ3v) is 4.20. The third-order valence-electron chi connectivity index (χ3n) is 2.61. The van der Waals surface area contributed by atoms with Crippen molar-refractivity contribution < 1.29 is 14.7 Å². The Morgan fingerprint density at radius 2 is 2.33 bits per heavy atom. The van der Waals surface area contributed by atoms with E-state index in [0.29, 0.717) is 10.7 Å². The SMILES string of the molecule is Cn1ccc(CC2SC(=S)N(CC(=O)O)C2=O)c1. The van der Waals surface area contributed by atoms with Crippen LogP contribution in [0.4, 0.5) is 0 Å². The summed E-state index contributed by atoms with van der Waals surface area (Å²) < 4.78 is 2.26. The molecule has 1 amide bonds. The fourth-order valence-electron chi connectivity index (χ4n) is 1.80. The molecule has 1 N–H and O–H groups in total. The smallest absolute Gasteiger partial charge is 0.323 e. The van der Waals surface area contributed by atoms with Crippen molar-refractivity contribution in [1.29, 1.82) is 0 Å².